The van der Waals surface area contributed by atoms with Crippen LogP contribution in [0.25, 0.3) is 90.8 Å². The summed E-state index contributed by atoms with van der Waals surface area (Å²) in [6.45, 7) is 33.6. The monoisotopic (exact) mass is 1000 g/mol. The van der Waals surface area contributed by atoms with E-state index in [2.05, 4.69) is 217 Å². The quantitative estimate of drug-likeness (QED) is 0.179. The van der Waals surface area contributed by atoms with Crippen molar-refractivity contribution in [3.8, 4) is 16.8 Å². The van der Waals surface area contributed by atoms with Crippen molar-refractivity contribution in [3.05, 3.63) is 137 Å². The van der Waals surface area contributed by atoms with Gasteiger partial charge in [0, 0.05) is 63.4 Å². The zero-order valence-electron chi connectivity index (χ0n) is 45.9. The molecule has 1 radical (unpaired) electrons. The summed E-state index contributed by atoms with van der Waals surface area (Å²) in [6, 6.07) is 40.6. The number of benzene rings is 7. The number of rotatable bonds is 3. The molecule has 7 aromatic carbocycles. The topological polar surface area (TPSA) is 30.1 Å². The van der Waals surface area contributed by atoms with Gasteiger partial charge >= 0.3 is 0 Å². The van der Waals surface area contributed by atoms with Crippen molar-refractivity contribution in [2.75, 3.05) is 5.32 Å². The van der Waals surface area contributed by atoms with Crippen LogP contribution in [0.2, 0.25) is 0 Å². The zero-order valence-corrected chi connectivity index (χ0v) is 47.5. The molecule has 0 spiro atoms. The second-order valence-corrected chi connectivity index (χ2v) is 29.5. The molecule has 371 valence electrons. The molecule has 0 saturated carbocycles. The van der Waals surface area contributed by atoms with Gasteiger partial charge in [0.05, 0.1) is 22.1 Å². The van der Waals surface area contributed by atoms with Crippen LogP contribution in [0.1, 0.15) is 156 Å². The highest BCUT2D eigenvalue weighted by molar-refractivity contribution is 7.29. The Labute approximate surface area is 445 Å². The fraction of sp³-hybridized carbons (Fsp3) is 0.353. The van der Waals surface area contributed by atoms with Gasteiger partial charge in [0.2, 0.25) is 7.28 Å². The van der Waals surface area contributed by atoms with E-state index in [0.29, 0.717) is 0 Å². The Morgan fingerprint density at radius 3 is 1.78 bits per heavy atom. The van der Waals surface area contributed by atoms with Crippen molar-refractivity contribution in [1.29, 1.82) is 0 Å². The van der Waals surface area contributed by atoms with Gasteiger partial charge in [-0.05, 0) is 174 Å². The van der Waals surface area contributed by atoms with Crippen LogP contribution in [0.3, 0.4) is 0 Å². The maximum absolute atomic E-state index is 7.44. The van der Waals surface area contributed by atoms with Crippen LogP contribution in [0.5, 0.6) is 0 Å². The Morgan fingerprint density at radius 1 is 0.541 bits per heavy atom. The first-order chi connectivity index (χ1) is 34.9. The highest BCUT2D eigenvalue weighted by atomic mass is 32.1. The van der Waals surface area contributed by atoms with Gasteiger partial charge in [-0.25, -0.2) is 0 Å². The minimum Gasteiger partial charge on any atom is -0.455 e. The van der Waals surface area contributed by atoms with E-state index in [4.69, 9.17) is 4.42 Å². The largest absolute Gasteiger partial charge is 0.455 e. The van der Waals surface area contributed by atoms with E-state index in [-0.39, 0.29) is 32.5 Å². The third-order valence-electron chi connectivity index (χ3n) is 18.5. The van der Waals surface area contributed by atoms with Gasteiger partial charge in [0.1, 0.15) is 11.2 Å². The Morgan fingerprint density at radius 2 is 1.12 bits per heavy atom. The summed E-state index contributed by atoms with van der Waals surface area (Å²) in [6.07, 6.45) is 4.69. The molecule has 1 aliphatic heterocycles. The van der Waals surface area contributed by atoms with Crippen molar-refractivity contribution in [2.24, 2.45) is 0 Å². The standard InChI is InChI=1S/C68H68BN2OS2/c1-63(2,3)36-19-22-38(23-20-36)70-49-35-54-40(41-31-45-48(34-53(41)73-54)68(13,14)28-26-65(45,7)8)30-42(49)55-56-39-17-15-16-18-51(39)72-61(56)57-43-32-46-47(67(11,12)27-25-66(46,9)10)33-50(43)71-59-44-29-37(64(4,5)6)21-24-52(44)74-62(59)69-58(55)60(57)71/h15-24,29-35,70H,25-28H2,1-14H3. The Kier molecular flexibility index (Phi) is 9.45. The lowest BCUT2D eigenvalue weighted by atomic mass is 9.62. The Balaban J connectivity index is 1.16. The number of nitrogens with zero attached hydrogens (tertiary/aromatic N) is 1. The number of thiophene rings is 2. The molecule has 3 nitrogen and oxygen atoms in total. The third kappa shape index (κ3) is 6.62. The molecule has 3 aliphatic rings. The average Bonchev–Trinajstić information content (AvgIpc) is 4.11. The summed E-state index contributed by atoms with van der Waals surface area (Å²) >= 11 is 3.88. The van der Waals surface area contributed by atoms with Crippen LogP contribution >= 0.6 is 22.7 Å². The summed E-state index contributed by atoms with van der Waals surface area (Å²) in [7, 11) is 2.57. The number of hydrogen-bond donors (Lipinski definition) is 1. The van der Waals surface area contributed by atoms with Crippen molar-refractivity contribution in [3.63, 3.8) is 0 Å². The number of anilines is 2. The molecule has 4 aromatic heterocycles. The van der Waals surface area contributed by atoms with Gasteiger partial charge in [-0.1, -0.05) is 133 Å². The fourth-order valence-corrected chi connectivity index (χ4v) is 15.9. The first-order valence-electron chi connectivity index (χ1n) is 27.2. The van der Waals surface area contributed by atoms with E-state index in [1.165, 1.54) is 131 Å². The number of para-hydroxylation sites is 1. The van der Waals surface area contributed by atoms with Crippen molar-refractivity contribution >= 4 is 126 Å². The molecule has 0 atom stereocenters. The van der Waals surface area contributed by atoms with Crippen LogP contribution in [0, 0.1) is 0 Å². The molecule has 2 aliphatic carbocycles. The molecule has 11 aromatic rings. The number of nitrogens with one attached hydrogen (secondary N) is 1. The van der Waals surface area contributed by atoms with Crippen molar-refractivity contribution in [1.82, 2.24) is 4.57 Å². The highest BCUT2D eigenvalue weighted by Gasteiger charge is 2.41. The van der Waals surface area contributed by atoms with E-state index in [0.717, 1.165) is 40.8 Å². The first kappa shape index (κ1) is 46.7. The van der Waals surface area contributed by atoms with E-state index in [9.17, 15) is 0 Å². The van der Waals surface area contributed by atoms with Crippen LogP contribution in [-0.4, -0.2) is 11.8 Å². The lowest BCUT2D eigenvalue weighted by molar-refractivity contribution is 0.332. The van der Waals surface area contributed by atoms with E-state index in [1.54, 1.807) is 0 Å². The second-order valence-electron chi connectivity index (χ2n) is 27.4. The minimum atomic E-state index is 0.00185. The Bertz CT molecular complexity index is 4260. The summed E-state index contributed by atoms with van der Waals surface area (Å²) in [5.41, 5.74) is 20.5. The molecular weight excluding hydrogens is 936 g/mol. The van der Waals surface area contributed by atoms with Gasteiger partial charge in [-0.2, -0.15) is 0 Å². The average molecular weight is 1000 g/mol. The fourth-order valence-electron chi connectivity index (χ4n) is 13.6. The van der Waals surface area contributed by atoms with E-state index >= 15 is 0 Å². The Hall–Kier alpha value is -5.82. The van der Waals surface area contributed by atoms with Gasteiger partial charge in [0.15, 0.2) is 0 Å². The molecule has 5 heterocycles. The number of hydrogen-bond acceptors (Lipinski definition) is 4. The summed E-state index contributed by atoms with van der Waals surface area (Å²) in [5, 5.41) is 12.9. The number of aromatic nitrogens is 1. The van der Waals surface area contributed by atoms with Gasteiger partial charge in [-0.15, -0.1) is 22.7 Å². The normalized spacial score (nSPS) is 17.6. The molecule has 74 heavy (non-hydrogen) atoms. The molecule has 0 unspecified atom stereocenters. The number of furan rings is 1. The van der Waals surface area contributed by atoms with Crippen molar-refractivity contribution < 1.29 is 4.42 Å². The highest BCUT2D eigenvalue weighted by Crippen LogP contribution is 2.55. The van der Waals surface area contributed by atoms with Crippen LogP contribution in [0.4, 0.5) is 11.4 Å². The molecule has 0 fully saturated rings. The number of fused-ring (bicyclic) bond motifs is 16. The molecule has 0 saturated heterocycles. The SMILES string of the molecule is CC(C)(C)c1ccc(Nc2cc3sc4cc5c(cc4c3cc2-c2c3c4c(c6cc7c(cc6n4-c4c(sc6ccc(C(C)(C)C)cc46)[B]3)C(C)(C)CCC7(C)C)c3oc4ccccc4c23)C(C)(C)CCC5(C)C)cc1. The van der Waals surface area contributed by atoms with E-state index in [1.807, 2.05) is 22.7 Å². The predicted octanol–water partition coefficient (Wildman–Crippen LogP) is 18.9. The predicted molar refractivity (Wildman–Crippen MR) is 324 cm³/mol. The summed E-state index contributed by atoms with van der Waals surface area (Å²) in [5.74, 6) is 0. The van der Waals surface area contributed by atoms with Crippen LogP contribution in [0.15, 0.2) is 108 Å². The lowest BCUT2D eigenvalue weighted by Crippen LogP contribution is -2.35. The maximum atomic E-state index is 7.44. The second kappa shape index (κ2) is 15.0. The maximum Gasteiger partial charge on any atom is 0.211 e. The molecule has 0 bridgehead atoms. The van der Waals surface area contributed by atoms with Crippen LogP contribution < -0.4 is 15.6 Å². The zero-order chi connectivity index (χ0) is 51.6. The summed E-state index contributed by atoms with van der Waals surface area (Å²) in [4.78, 5) is 0. The molecule has 1 N–H and O–H groups in total. The first-order valence-corrected chi connectivity index (χ1v) is 28.9. The molecule has 6 heteroatoms. The minimum absolute atomic E-state index is 0.00185. The van der Waals surface area contributed by atoms with Crippen molar-refractivity contribution in [2.45, 2.75) is 155 Å². The van der Waals surface area contributed by atoms with Gasteiger partial charge < -0.3 is 14.3 Å². The van der Waals surface area contributed by atoms with Crippen LogP contribution in [-0.2, 0) is 32.5 Å². The summed E-state index contributed by atoms with van der Waals surface area (Å²) < 4.78 is 15.4. The molecule has 14 rings (SSSR count). The third-order valence-corrected chi connectivity index (χ3v) is 20.7. The molecular formula is C68H68BN2OS2. The molecule has 0 amide bonds. The smallest absolute Gasteiger partial charge is 0.211 e. The lowest BCUT2D eigenvalue weighted by Gasteiger charge is -2.42. The van der Waals surface area contributed by atoms with Gasteiger partial charge in [0.25, 0.3) is 0 Å². The van der Waals surface area contributed by atoms with E-state index < -0.39 is 0 Å². The van der Waals surface area contributed by atoms with Gasteiger partial charge in [-0.3, -0.25) is 0 Å².